The van der Waals surface area contributed by atoms with E-state index in [4.69, 9.17) is 4.43 Å². The third-order valence-electron chi connectivity index (χ3n) is 6.05. The summed E-state index contributed by atoms with van der Waals surface area (Å²) < 4.78 is 6.42. The van der Waals surface area contributed by atoms with Crippen molar-refractivity contribution in [2.45, 2.75) is 64.8 Å². The third-order valence-corrected chi connectivity index (χ3v) is 10.5. The van der Waals surface area contributed by atoms with Crippen molar-refractivity contribution in [3.8, 4) is 11.1 Å². The van der Waals surface area contributed by atoms with Crippen molar-refractivity contribution in [3.63, 3.8) is 0 Å². The van der Waals surface area contributed by atoms with Gasteiger partial charge in [0.05, 0.1) is 6.61 Å². The molecule has 3 rings (SSSR count). The van der Waals surface area contributed by atoms with E-state index in [1.165, 1.54) is 27.8 Å². The molecule has 1 aliphatic rings. The van der Waals surface area contributed by atoms with Gasteiger partial charge in [0.2, 0.25) is 0 Å². The van der Waals surface area contributed by atoms with Crippen LogP contribution in [-0.4, -0.2) is 8.32 Å². The summed E-state index contributed by atoms with van der Waals surface area (Å²) in [4.78, 5) is 0. The number of hydrogen-bond acceptors (Lipinski definition) is 1. The van der Waals surface area contributed by atoms with E-state index in [-0.39, 0.29) is 10.5 Å². The average molecular weight is 339 g/mol. The summed E-state index contributed by atoms with van der Waals surface area (Å²) in [7, 11) is -1.71. The second-order valence-electron chi connectivity index (χ2n) is 9.10. The number of fused-ring (bicyclic) bond motifs is 3. The first-order valence-electron chi connectivity index (χ1n) is 8.91. The van der Waals surface area contributed by atoms with E-state index >= 15 is 0 Å². The Kier molecular flexibility index (Phi) is 4.05. The average Bonchev–Trinajstić information content (AvgIpc) is 2.73. The summed E-state index contributed by atoms with van der Waals surface area (Å²) in [6.45, 7) is 16.9. The molecule has 24 heavy (non-hydrogen) atoms. The van der Waals surface area contributed by atoms with Crippen LogP contribution in [0.5, 0.6) is 0 Å². The Balaban J connectivity index is 1.90. The lowest BCUT2D eigenvalue weighted by atomic mass is 9.82. The number of hydrogen-bond donors (Lipinski definition) is 0. The first-order chi connectivity index (χ1) is 11.0. The zero-order chi connectivity index (χ0) is 17.8. The minimum absolute atomic E-state index is 0.0684. The normalized spacial score (nSPS) is 16.0. The van der Waals surface area contributed by atoms with Gasteiger partial charge in [-0.25, -0.2) is 0 Å². The van der Waals surface area contributed by atoms with Crippen LogP contribution in [0.15, 0.2) is 42.5 Å². The van der Waals surface area contributed by atoms with Crippen LogP contribution in [0.1, 0.15) is 51.3 Å². The highest BCUT2D eigenvalue weighted by atomic mass is 28.4. The van der Waals surface area contributed by atoms with Crippen LogP contribution in [0.2, 0.25) is 18.1 Å². The summed E-state index contributed by atoms with van der Waals surface area (Å²) in [5.41, 5.74) is 6.99. The Morgan fingerprint density at radius 1 is 0.917 bits per heavy atom. The first-order valence-corrected chi connectivity index (χ1v) is 11.8. The largest absolute Gasteiger partial charge is 0.413 e. The molecule has 0 radical (unpaired) electrons. The molecule has 2 aromatic rings. The van der Waals surface area contributed by atoms with E-state index in [0.29, 0.717) is 0 Å². The van der Waals surface area contributed by atoms with E-state index in [1.54, 1.807) is 0 Å². The van der Waals surface area contributed by atoms with Gasteiger partial charge < -0.3 is 4.43 Å². The second-order valence-corrected chi connectivity index (χ2v) is 13.9. The lowest BCUT2D eigenvalue weighted by Gasteiger charge is -2.36. The Morgan fingerprint density at radius 3 is 2.21 bits per heavy atom. The van der Waals surface area contributed by atoms with Gasteiger partial charge in [0, 0.05) is 5.41 Å². The molecular formula is C22H30OSi. The molecule has 0 spiro atoms. The van der Waals surface area contributed by atoms with Crippen molar-refractivity contribution < 1.29 is 4.43 Å². The molecule has 0 fully saturated rings. The molecule has 128 valence electrons. The summed E-state index contributed by atoms with van der Waals surface area (Å²) >= 11 is 0. The molecule has 0 saturated carbocycles. The van der Waals surface area contributed by atoms with Crippen LogP contribution in [0, 0.1) is 0 Å². The van der Waals surface area contributed by atoms with E-state index < -0.39 is 8.32 Å². The maximum absolute atomic E-state index is 6.42. The SMILES string of the molecule is CC1(C)c2ccccc2-c2ccc(CO[Si](C)(C)C(C)(C)C)cc21. The van der Waals surface area contributed by atoms with Crippen molar-refractivity contribution in [1.82, 2.24) is 0 Å². The molecule has 0 bridgehead atoms. The van der Waals surface area contributed by atoms with Gasteiger partial charge >= 0.3 is 0 Å². The second kappa shape index (κ2) is 5.57. The van der Waals surface area contributed by atoms with Crippen molar-refractivity contribution in [3.05, 3.63) is 59.2 Å². The maximum Gasteiger partial charge on any atom is 0.192 e. The number of rotatable bonds is 3. The van der Waals surface area contributed by atoms with Crippen LogP contribution >= 0.6 is 0 Å². The van der Waals surface area contributed by atoms with Crippen molar-refractivity contribution in [2.75, 3.05) is 0 Å². The highest BCUT2D eigenvalue weighted by Gasteiger charge is 2.38. The molecule has 0 aromatic heterocycles. The van der Waals surface area contributed by atoms with Gasteiger partial charge in [0.15, 0.2) is 8.32 Å². The molecular weight excluding hydrogens is 308 g/mol. The highest BCUT2D eigenvalue weighted by molar-refractivity contribution is 6.74. The van der Waals surface area contributed by atoms with Crippen LogP contribution in [-0.2, 0) is 16.4 Å². The fraction of sp³-hybridized carbons (Fsp3) is 0.455. The van der Waals surface area contributed by atoms with Crippen LogP contribution < -0.4 is 0 Å². The van der Waals surface area contributed by atoms with Gasteiger partial charge in [-0.15, -0.1) is 0 Å². The lowest BCUT2D eigenvalue weighted by Crippen LogP contribution is -2.40. The molecule has 0 aliphatic heterocycles. The molecule has 2 aromatic carbocycles. The molecule has 1 aliphatic carbocycles. The first kappa shape index (κ1) is 17.4. The molecule has 0 unspecified atom stereocenters. The summed E-state index contributed by atoms with van der Waals surface area (Å²) in [5, 5.41) is 0.249. The number of benzene rings is 2. The van der Waals surface area contributed by atoms with Gasteiger partial charge in [-0.1, -0.05) is 77.1 Å². The maximum atomic E-state index is 6.42. The van der Waals surface area contributed by atoms with Gasteiger partial charge in [-0.05, 0) is 45.9 Å². The van der Waals surface area contributed by atoms with Gasteiger partial charge in [-0.2, -0.15) is 0 Å². The fourth-order valence-corrected chi connectivity index (χ4v) is 4.28. The Hall–Kier alpha value is -1.38. The molecule has 0 amide bonds. The molecule has 0 heterocycles. The summed E-state index contributed by atoms with van der Waals surface area (Å²) in [6, 6.07) is 15.7. The highest BCUT2D eigenvalue weighted by Crippen LogP contribution is 2.48. The van der Waals surface area contributed by atoms with Crippen molar-refractivity contribution >= 4 is 8.32 Å². The topological polar surface area (TPSA) is 9.23 Å². The Morgan fingerprint density at radius 2 is 1.54 bits per heavy atom. The van der Waals surface area contributed by atoms with Gasteiger partial charge in [0.1, 0.15) is 0 Å². The molecule has 0 saturated heterocycles. The van der Waals surface area contributed by atoms with E-state index in [1.807, 2.05) is 0 Å². The van der Waals surface area contributed by atoms with Crippen LogP contribution in [0.3, 0.4) is 0 Å². The fourth-order valence-electron chi connectivity index (χ4n) is 3.32. The Labute approximate surface area is 148 Å². The molecule has 0 atom stereocenters. The van der Waals surface area contributed by atoms with E-state index in [2.05, 4.69) is 90.2 Å². The van der Waals surface area contributed by atoms with Gasteiger partial charge in [-0.3, -0.25) is 0 Å². The zero-order valence-electron chi connectivity index (χ0n) is 16.2. The standard InChI is InChI=1S/C22H30OSi/c1-21(2,3)24(6,7)23-15-16-12-13-18-17-10-8-9-11-19(17)22(4,5)20(18)14-16/h8-14H,15H2,1-7H3. The minimum atomic E-state index is -1.71. The summed E-state index contributed by atoms with van der Waals surface area (Å²) in [5.74, 6) is 0. The van der Waals surface area contributed by atoms with Crippen LogP contribution in [0.4, 0.5) is 0 Å². The van der Waals surface area contributed by atoms with Crippen molar-refractivity contribution in [1.29, 1.82) is 0 Å². The van der Waals surface area contributed by atoms with Gasteiger partial charge in [0.25, 0.3) is 0 Å². The smallest absolute Gasteiger partial charge is 0.192 e. The minimum Gasteiger partial charge on any atom is -0.413 e. The molecule has 0 N–H and O–H groups in total. The monoisotopic (exact) mass is 338 g/mol. The van der Waals surface area contributed by atoms with Crippen molar-refractivity contribution in [2.24, 2.45) is 0 Å². The predicted molar refractivity (Wildman–Crippen MR) is 106 cm³/mol. The molecule has 2 heteroatoms. The summed E-state index contributed by atoms with van der Waals surface area (Å²) in [6.07, 6.45) is 0. The van der Waals surface area contributed by atoms with E-state index in [9.17, 15) is 0 Å². The quantitative estimate of drug-likeness (QED) is 0.579. The Bertz CT molecular complexity index is 766. The zero-order valence-corrected chi connectivity index (χ0v) is 17.2. The molecule has 1 nitrogen and oxygen atoms in total. The predicted octanol–water partition coefficient (Wildman–Crippen LogP) is 6.51. The van der Waals surface area contributed by atoms with E-state index in [0.717, 1.165) is 6.61 Å². The van der Waals surface area contributed by atoms with Crippen LogP contribution in [0.25, 0.3) is 11.1 Å². The lowest BCUT2D eigenvalue weighted by molar-refractivity contribution is 0.276. The third kappa shape index (κ3) is 2.76.